The van der Waals surface area contributed by atoms with Gasteiger partial charge >= 0.3 is 0 Å². The molecule has 0 bridgehead atoms. The zero-order valence-electron chi connectivity index (χ0n) is 9.75. The summed E-state index contributed by atoms with van der Waals surface area (Å²) >= 11 is 0. The fourth-order valence-corrected chi connectivity index (χ4v) is 1.68. The summed E-state index contributed by atoms with van der Waals surface area (Å²) in [4.78, 5) is 0. The first kappa shape index (κ1) is 13.1. The highest BCUT2D eigenvalue weighted by Gasteiger charge is 2.40. The Morgan fingerprint density at radius 1 is 1.12 bits per heavy atom. The number of ether oxygens (including phenoxy) is 2. The summed E-state index contributed by atoms with van der Waals surface area (Å²) in [5, 5.41) is 20.3. The summed E-state index contributed by atoms with van der Waals surface area (Å²) in [5.41, 5.74) is -0.892. The van der Waals surface area contributed by atoms with Crippen molar-refractivity contribution in [3.05, 3.63) is 35.9 Å². The van der Waals surface area contributed by atoms with Crippen LogP contribution < -0.4 is 0 Å². The van der Waals surface area contributed by atoms with Gasteiger partial charge in [-0.2, -0.15) is 0 Å². The van der Waals surface area contributed by atoms with Crippen LogP contribution in [0.3, 0.4) is 0 Å². The van der Waals surface area contributed by atoms with Crippen molar-refractivity contribution in [3.63, 3.8) is 0 Å². The monoisotopic (exact) mass is 226 g/mol. The molecule has 1 aromatic rings. The smallest absolute Gasteiger partial charge is 0.188 e. The van der Waals surface area contributed by atoms with Gasteiger partial charge in [-0.15, -0.1) is 0 Å². The predicted octanol–water partition coefficient (Wildman–Crippen LogP) is 1.09. The van der Waals surface area contributed by atoms with Crippen LogP contribution in [0, 0.1) is 0 Å². The lowest BCUT2D eigenvalue weighted by Gasteiger charge is -2.34. The van der Waals surface area contributed by atoms with Crippen LogP contribution in [0.1, 0.15) is 18.6 Å². The molecular formula is C12H18O4. The van der Waals surface area contributed by atoms with Crippen molar-refractivity contribution in [2.24, 2.45) is 0 Å². The Morgan fingerprint density at radius 2 is 1.62 bits per heavy atom. The number of aliphatic hydroxyl groups excluding tert-OH is 1. The maximum absolute atomic E-state index is 10.2. The van der Waals surface area contributed by atoms with E-state index in [2.05, 4.69) is 0 Å². The highest BCUT2D eigenvalue weighted by molar-refractivity contribution is 5.20. The van der Waals surface area contributed by atoms with Gasteiger partial charge in [0.2, 0.25) is 0 Å². The van der Waals surface area contributed by atoms with Crippen LogP contribution in [0.2, 0.25) is 0 Å². The topological polar surface area (TPSA) is 58.9 Å². The molecule has 0 amide bonds. The lowest BCUT2D eigenvalue weighted by molar-refractivity contribution is -0.241. The Kier molecular flexibility index (Phi) is 4.44. The number of methoxy groups -OCH3 is 2. The van der Waals surface area contributed by atoms with Crippen molar-refractivity contribution in [1.82, 2.24) is 0 Å². The molecule has 1 rings (SSSR count). The molecule has 0 aliphatic heterocycles. The molecule has 1 aromatic carbocycles. The molecule has 0 saturated heterocycles. The minimum atomic E-state index is -1.51. The molecular weight excluding hydrogens is 208 g/mol. The van der Waals surface area contributed by atoms with Crippen molar-refractivity contribution in [1.29, 1.82) is 0 Å². The third kappa shape index (κ3) is 2.59. The molecule has 2 N–H and O–H groups in total. The standard InChI is InChI=1S/C12H18O4/c1-12(14,11(15-2)16-3)10(13)9-7-5-4-6-8-9/h4-8,10-11,13-14H,1-3H3. The summed E-state index contributed by atoms with van der Waals surface area (Å²) < 4.78 is 9.95. The van der Waals surface area contributed by atoms with Crippen LogP contribution in [0.15, 0.2) is 30.3 Å². The van der Waals surface area contributed by atoms with Gasteiger partial charge in [-0.25, -0.2) is 0 Å². The van der Waals surface area contributed by atoms with Gasteiger partial charge in [-0.1, -0.05) is 30.3 Å². The summed E-state index contributed by atoms with van der Waals surface area (Å²) in [6.07, 6.45) is -1.96. The molecule has 4 heteroatoms. The quantitative estimate of drug-likeness (QED) is 0.738. The summed E-state index contributed by atoms with van der Waals surface area (Å²) in [5.74, 6) is 0. The molecule has 0 saturated carbocycles. The van der Waals surface area contributed by atoms with E-state index in [0.29, 0.717) is 5.56 Å². The molecule has 0 aromatic heterocycles. The Bertz CT molecular complexity index is 306. The van der Waals surface area contributed by atoms with Gasteiger partial charge in [-0.3, -0.25) is 0 Å². The summed E-state index contributed by atoms with van der Waals surface area (Å²) in [7, 11) is 2.83. The first-order valence-electron chi connectivity index (χ1n) is 5.05. The van der Waals surface area contributed by atoms with Gasteiger partial charge < -0.3 is 19.7 Å². The minimum Gasteiger partial charge on any atom is -0.385 e. The maximum atomic E-state index is 10.2. The van der Waals surface area contributed by atoms with Crippen LogP contribution in [-0.4, -0.2) is 36.3 Å². The molecule has 2 unspecified atom stereocenters. The van der Waals surface area contributed by atoms with Crippen LogP contribution >= 0.6 is 0 Å². The molecule has 0 radical (unpaired) electrons. The van der Waals surface area contributed by atoms with Crippen LogP contribution in [0.25, 0.3) is 0 Å². The molecule has 16 heavy (non-hydrogen) atoms. The number of rotatable bonds is 5. The van der Waals surface area contributed by atoms with Gasteiger partial charge in [0, 0.05) is 14.2 Å². The number of hydrogen-bond donors (Lipinski definition) is 2. The van der Waals surface area contributed by atoms with E-state index in [9.17, 15) is 10.2 Å². The zero-order chi connectivity index (χ0) is 12.2. The fourth-order valence-electron chi connectivity index (χ4n) is 1.68. The van der Waals surface area contributed by atoms with Gasteiger partial charge in [0.05, 0.1) is 0 Å². The van der Waals surface area contributed by atoms with E-state index in [0.717, 1.165) is 0 Å². The Balaban J connectivity index is 2.91. The van der Waals surface area contributed by atoms with E-state index < -0.39 is 18.0 Å². The van der Waals surface area contributed by atoms with Crippen LogP contribution in [-0.2, 0) is 9.47 Å². The molecule has 0 fully saturated rings. The molecule has 4 nitrogen and oxygen atoms in total. The molecule has 0 heterocycles. The number of benzene rings is 1. The number of hydrogen-bond acceptors (Lipinski definition) is 4. The second-order valence-electron chi connectivity index (χ2n) is 3.84. The van der Waals surface area contributed by atoms with Crippen molar-refractivity contribution in [3.8, 4) is 0 Å². The van der Waals surface area contributed by atoms with Gasteiger partial charge in [0.1, 0.15) is 11.7 Å². The predicted molar refractivity (Wildman–Crippen MR) is 59.8 cm³/mol. The third-order valence-electron chi connectivity index (χ3n) is 2.57. The van der Waals surface area contributed by atoms with E-state index >= 15 is 0 Å². The van der Waals surface area contributed by atoms with Gasteiger partial charge in [0.15, 0.2) is 6.29 Å². The average molecular weight is 226 g/mol. The Labute approximate surface area is 95.4 Å². The van der Waals surface area contributed by atoms with Gasteiger partial charge in [0.25, 0.3) is 0 Å². The fraction of sp³-hybridized carbons (Fsp3) is 0.500. The van der Waals surface area contributed by atoms with E-state index in [1.807, 2.05) is 6.07 Å². The number of aliphatic hydroxyl groups is 2. The largest absolute Gasteiger partial charge is 0.385 e. The lowest BCUT2D eigenvalue weighted by Crippen LogP contribution is -2.47. The highest BCUT2D eigenvalue weighted by Crippen LogP contribution is 2.30. The lowest BCUT2D eigenvalue weighted by atomic mass is 9.92. The molecule has 0 spiro atoms. The van der Waals surface area contributed by atoms with Crippen molar-refractivity contribution in [2.75, 3.05) is 14.2 Å². The van der Waals surface area contributed by atoms with E-state index in [-0.39, 0.29) is 0 Å². The summed E-state index contributed by atoms with van der Waals surface area (Å²) in [6, 6.07) is 8.91. The molecule has 0 aliphatic rings. The van der Waals surface area contributed by atoms with Crippen LogP contribution in [0.5, 0.6) is 0 Å². The highest BCUT2D eigenvalue weighted by atomic mass is 16.7. The van der Waals surface area contributed by atoms with E-state index in [1.54, 1.807) is 24.3 Å². The molecule has 2 atom stereocenters. The third-order valence-corrected chi connectivity index (χ3v) is 2.57. The van der Waals surface area contributed by atoms with E-state index in [4.69, 9.17) is 9.47 Å². The second-order valence-corrected chi connectivity index (χ2v) is 3.84. The zero-order valence-corrected chi connectivity index (χ0v) is 9.75. The van der Waals surface area contributed by atoms with E-state index in [1.165, 1.54) is 21.1 Å². The SMILES string of the molecule is COC(OC)C(C)(O)C(O)c1ccccc1. The Morgan fingerprint density at radius 3 is 2.06 bits per heavy atom. The van der Waals surface area contributed by atoms with Crippen molar-refractivity contribution >= 4 is 0 Å². The van der Waals surface area contributed by atoms with Crippen LogP contribution in [0.4, 0.5) is 0 Å². The maximum Gasteiger partial charge on any atom is 0.188 e. The van der Waals surface area contributed by atoms with Crippen molar-refractivity contribution < 1.29 is 19.7 Å². The summed E-state index contributed by atoms with van der Waals surface area (Å²) in [6.45, 7) is 1.47. The molecule has 90 valence electrons. The van der Waals surface area contributed by atoms with Crippen molar-refractivity contribution in [2.45, 2.75) is 24.9 Å². The molecule has 0 aliphatic carbocycles. The normalized spacial score (nSPS) is 17.1. The average Bonchev–Trinajstić information content (AvgIpc) is 2.30. The Hall–Kier alpha value is -0.940. The first-order chi connectivity index (χ1) is 7.54. The first-order valence-corrected chi connectivity index (χ1v) is 5.05. The van der Waals surface area contributed by atoms with Gasteiger partial charge in [-0.05, 0) is 12.5 Å². The second kappa shape index (κ2) is 5.41. The minimum absolute atomic E-state index is 0.617.